The van der Waals surface area contributed by atoms with Gasteiger partial charge in [-0.05, 0) is 34.2 Å². The van der Waals surface area contributed by atoms with E-state index in [1.54, 1.807) is 25.4 Å². The van der Waals surface area contributed by atoms with Gasteiger partial charge in [-0.15, -0.1) is 0 Å². The van der Waals surface area contributed by atoms with Crippen LogP contribution in [0.5, 0.6) is 5.75 Å². The molecule has 0 atom stereocenters. The first-order valence-corrected chi connectivity index (χ1v) is 6.29. The van der Waals surface area contributed by atoms with E-state index in [9.17, 15) is 9.90 Å². The highest BCUT2D eigenvalue weighted by molar-refractivity contribution is 5.65. The zero-order valence-corrected chi connectivity index (χ0v) is 11.8. The van der Waals surface area contributed by atoms with Crippen LogP contribution in [0.3, 0.4) is 0 Å². The van der Waals surface area contributed by atoms with E-state index in [2.05, 4.69) is 20.8 Å². The number of rotatable bonds is 1. The van der Waals surface area contributed by atoms with Crippen LogP contribution in [0.4, 0.5) is 0 Å². The fourth-order valence-electron chi connectivity index (χ4n) is 2.07. The SMILES string of the molecule is Cn1ccc(-c2ccc(C(C)(C)C)c(O)c2)cc1=O. The first-order chi connectivity index (χ1) is 8.79. The lowest BCUT2D eigenvalue weighted by atomic mass is 9.85. The van der Waals surface area contributed by atoms with Crippen molar-refractivity contribution in [3.8, 4) is 16.9 Å². The average molecular weight is 257 g/mol. The minimum absolute atomic E-state index is 0.0584. The summed E-state index contributed by atoms with van der Waals surface area (Å²) in [6.07, 6.45) is 1.73. The highest BCUT2D eigenvalue weighted by atomic mass is 16.3. The van der Waals surface area contributed by atoms with Gasteiger partial charge in [0, 0.05) is 19.3 Å². The molecule has 1 N–H and O–H groups in total. The largest absolute Gasteiger partial charge is 0.508 e. The summed E-state index contributed by atoms with van der Waals surface area (Å²) in [6, 6.07) is 9.02. The van der Waals surface area contributed by atoms with E-state index in [0.29, 0.717) is 0 Å². The summed E-state index contributed by atoms with van der Waals surface area (Å²) in [5, 5.41) is 10.1. The highest BCUT2D eigenvalue weighted by Crippen LogP contribution is 2.33. The number of aromatic nitrogens is 1. The number of aromatic hydroxyl groups is 1. The Morgan fingerprint density at radius 1 is 1.05 bits per heavy atom. The summed E-state index contributed by atoms with van der Waals surface area (Å²) in [5.74, 6) is 0.269. The van der Waals surface area contributed by atoms with Gasteiger partial charge in [-0.3, -0.25) is 4.79 Å². The molecule has 0 aliphatic rings. The topological polar surface area (TPSA) is 42.2 Å². The van der Waals surface area contributed by atoms with Crippen LogP contribution in [0.2, 0.25) is 0 Å². The van der Waals surface area contributed by atoms with Crippen LogP contribution in [0, 0.1) is 0 Å². The van der Waals surface area contributed by atoms with E-state index in [-0.39, 0.29) is 16.7 Å². The number of hydrogen-bond acceptors (Lipinski definition) is 2. The normalized spacial score (nSPS) is 11.6. The first kappa shape index (κ1) is 13.4. The van der Waals surface area contributed by atoms with Gasteiger partial charge in [0.1, 0.15) is 5.75 Å². The van der Waals surface area contributed by atoms with Crippen molar-refractivity contribution in [1.82, 2.24) is 4.57 Å². The second-order valence-corrected chi connectivity index (χ2v) is 5.85. The fraction of sp³-hybridized carbons (Fsp3) is 0.312. The van der Waals surface area contributed by atoms with Crippen molar-refractivity contribution >= 4 is 0 Å². The molecule has 0 spiro atoms. The molecule has 1 aromatic carbocycles. The highest BCUT2D eigenvalue weighted by Gasteiger charge is 2.18. The molecule has 1 aromatic heterocycles. The van der Waals surface area contributed by atoms with Gasteiger partial charge in [0.15, 0.2) is 0 Å². The Balaban J connectivity index is 2.50. The Labute approximate surface area is 113 Å². The molecule has 3 heteroatoms. The van der Waals surface area contributed by atoms with Gasteiger partial charge in [0.2, 0.25) is 0 Å². The molecular formula is C16H19NO2. The lowest BCUT2D eigenvalue weighted by Crippen LogP contribution is -2.14. The molecule has 1 heterocycles. The van der Waals surface area contributed by atoms with Crippen molar-refractivity contribution in [1.29, 1.82) is 0 Å². The van der Waals surface area contributed by atoms with Gasteiger partial charge >= 0.3 is 0 Å². The van der Waals surface area contributed by atoms with Gasteiger partial charge < -0.3 is 9.67 Å². The Hall–Kier alpha value is -2.03. The number of nitrogens with zero attached hydrogens (tertiary/aromatic N) is 1. The summed E-state index contributed by atoms with van der Waals surface area (Å²) < 4.78 is 1.52. The van der Waals surface area contributed by atoms with Crippen molar-refractivity contribution < 1.29 is 5.11 Å². The smallest absolute Gasteiger partial charge is 0.250 e. The second kappa shape index (κ2) is 4.57. The van der Waals surface area contributed by atoms with E-state index < -0.39 is 0 Å². The average Bonchev–Trinajstić information content (AvgIpc) is 2.31. The third-order valence-electron chi connectivity index (χ3n) is 3.24. The van der Waals surface area contributed by atoms with Gasteiger partial charge in [-0.25, -0.2) is 0 Å². The molecule has 0 aliphatic heterocycles. The van der Waals surface area contributed by atoms with Crippen molar-refractivity contribution in [3.05, 3.63) is 52.4 Å². The molecule has 0 saturated heterocycles. The summed E-state index contributed by atoms with van der Waals surface area (Å²) >= 11 is 0. The molecule has 0 aliphatic carbocycles. The van der Waals surface area contributed by atoms with Crippen molar-refractivity contribution in [2.24, 2.45) is 7.05 Å². The predicted octanol–water partition coefficient (Wildman–Crippen LogP) is 3.06. The van der Waals surface area contributed by atoms with E-state index in [1.165, 1.54) is 4.57 Å². The number of hydrogen-bond donors (Lipinski definition) is 1. The summed E-state index contributed by atoms with van der Waals surface area (Å²) in [7, 11) is 1.71. The minimum atomic E-state index is -0.102. The molecule has 3 nitrogen and oxygen atoms in total. The van der Waals surface area contributed by atoms with Gasteiger partial charge in [-0.1, -0.05) is 32.9 Å². The van der Waals surface area contributed by atoms with Gasteiger partial charge in [0.25, 0.3) is 5.56 Å². The summed E-state index contributed by atoms with van der Waals surface area (Å²) in [5.41, 5.74) is 2.41. The van der Waals surface area contributed by atoms with Crippen molar-refractivity contribution in [2.45, 2.75) is 26.2 Å². The maximum absolute atomic E-state index is 11.6. The molecule has 0 amide bonds. The maximum Gasteiger partial charge on any atom is 0.250 e. The van der Waals surface area contributed by atoms with Crippen LogP contribution >= 0.6 is 0 Å². The van der Waals surface area contributed by atoms with Crippen LogP contribution in [-0.2, 0) is 12.5 Å². The number of pyridine rings is 1. The molecule has 0 unspecified atom stereocenters. The van der Waals surface area contributed by atoms with Crippen LogP contribution in [0.1, 0.15) is 26.3 Å². The quantitative estimate of drug-likeness (QED) is 0.853. The van der Waals surface area contributed by atoms with E-state index >= 15 is 0 Å². The molecule has 100 valence electrons. The third-order valence-corrected chi connectivity index (χ3v) is 3.24. The molecule has 0 saturated carbocycles. The minimum Gasteiger partial charge on any atom is -0.508 e. The number of phenolic OH excluding ortho intramolecular Hbond substituents is 1. The second-order valence-electron chi connectivity index (χ2n) is 5.85. The van der Waals surface area contributed by atoms with Crippen LogP contribution in [0.25, 0.3) is 11.1 Å². The summed E-state index contributed by atoms with van der Waals surface area (Å²) in [6.45, 7) is 6.17. The van der Waals surface area contributed by atoms with Crippen molar-refractivity contribution in [3.63, 3.8) is 0 Å². The Morgan fingerprint density at radius 2 is 1.68 bits per heavy atom. The zero-order chi connectivity index (χ0) is 14.2. The Kier molecular flexibility index (Phi) is 3.23. The molecular weight excluding hydrogens is 238 g/mol. The molecule has 2 aromatic rings. The molecule has 19 heavy (non-hydrogen) atoms. The van der Waals surface area contributed by atoms with Gasteiger partial charge in [-0.2, -0.15) is 0 Å². The molecule has 0 bridgehead atoms. The molecule has 2 rings (SSSR count). The first-order valence-electron chi connectivity index (χ1n) is 6.29. The number of aryl methyl sites for hydroxylation is 1. The zero-order valence-electron chi connectivity index (χ0n) is 11.8. The molecule has 0 fully saturated rings. The van der Waals surface area contributed by atoms with Crippen LogP contribution < -0.4 is 5.56 Å². The predicted molar refractivity (Wildman–Crippen MR) is 77.5 cm³/mol. The van der Waals surface area contributed by atoms with Crippen molar-refractivity contribution in [2.75, 3.05) is 0 Å². The monoisotopic (exact) mass is 257 g/mol. The van der Waals surface area contributed by atoms with E-state index in [4.69, 9.17) is 0 Å². The lowest BCUT2D eigenvalue weighted by molar-refractivity contribution is 0.447. The maximum atomic E-state index is 11.6. The Bertz CT molecular complexity index is 663. The van der Waals surface area contributed by atoms with E-state index in [0.717, 1.165) is 16.7 Å². The Morgan fingerprint density at radius 3 is 2.21 bits per heavy atom. The third kappa shape index (κ3) is 2.70. The standard InChI is InChI=1S/C16H19NO2/c1-16(2,3)13-6-5-11(9-14(13)18)12-7-8-17(4)15(19)10-12/h5-10,18H,1-4H3. The fourth-order valence-corrected chi connectivity index (χ4v) is 2.07. The van der Waals surface area contributed by atoms with E-state index in [1.807, 2.05) is 18.2 Å². The number of phenols is 1. The number of benzene rings is 1. The summed E-state index contributed by atoms with van der Waals surface area (Å²) in [4.78, 5) is 11.6. The van der Waals surface area contributed by atoms with Crippen LogP contribution in [0.15, 0.2) is 41.3 Å². The lowest BCUT2D eigenvalue weighted by Gasteiger charge is -2.20. The molecule has 0 radical (unpaired) electrons. The van der Waals surface area contributed by atoms with Crippen LogP contribution in [-0.4, -0.2) is 9.67 Å². The van der Waals surface area contributed by atoms with Gasteiger partial charge in [0.05, 0.1) is 0 Å².